The van der Waals surface area contributed by atoms with E-state index in [2.05, 4.69) is 10.2 Å². The molecule has 0 saturated carbocycles. The first-order valence-electron chi connectivity index (χ1n) is 7.80. The molecule has 0 N–H and O–H groups in total. The van der Waals surface area contributed by atoms with Crippen LogP contribution >= 0.6 is 0 Å². The van der Waals surface area contributed by atoms with Crippen LogP contribution in [0.4, 0.5) is 5.69 Å². The van der Waals surface area contributed by atoms with Crippen molar-refractivity contribution >= 4 is 11.7 Å². The van der Waals surface area contributed by atoms with E-state index >= 15 is 0 Å². The minimum atomic E-state index is -0.798. The van der Waals surface area contributed by atoms with Crippen molar-refractivity contribution in [1.82, 2.24) is 10.2 Å². The topological polar surface area (TPSA) is 108 Å². The highest BCUT2D eigenvalue weighted by Crippen LogP contribution is 2.24. The Morgan fingerprint density at radius 1 is 1.19 bits per heavy atom. The first kappa shape index (κ1) is 17.3. The fraction of sp³-hybridized carbons (Fsp3) is 0.167. The Labute approximate surface area is 148 Å². The molecule has 0 amide bonds. The van der Waals surface area contributed by atoms with Crippen molar-refractivity contribution in [2.75, 3.05) is 0 Å². The maximum atomic E-state index is 12.3. The lowest BCUT2D eigenvalue weighted by atomic mass is 10.1. The molecular formula is C18H15N3O5. The molecule has 3 rings (SSSR count). The number of nitro groups is 1. The van der Waals surface area contributed by atoms with E-state index in [-0.39, 0.29) is 17.1 Å². The summed E-state index contributed by atoms with van der Waals surface area (Å²) in [5.41, 5.74) is 1.15. The summed E-state index contributed by atoms with van der Waals surface area (Å²) in [7, 11) is 0. The van der Waals surface area contributed by atoms with Gasteiger partial charge in [0.25, 0.3) is 11.6 Å². The second-order valence-electron chi connectivity index (χ2n) is 5.62. The standard InChI is InChI=1S/C18H15N3O5/c1-11-8-9-14(10-15(11)21(23)24)18(22)25-12(2)16-19-20-17(26-16)13-6-4-3-5-7-13/h3-10,12H,1-2H3/t12-/m0/s1. The Bertz CT molecular complexity index is 952. The molecule has 0 unspecified atom stereocenters. The molecule has 0 saturated heterocycles. The molecule has 26 heavy (non-hydrogen) atoms. The van der Waals surface area contributed by atoms with Crippen molar-refractivity contribution in [2.24, 2.45) is 0 Å². The highest BCUT2D eigenvalue weighted by Gasteiger charge is 2.22. The molecule has 0 radical (unpaired) electrons. The minimum Gasteiger partial charge on any atom is -0.449 e. The van der Waals surface area contributed by atoms with Crippen molar-refractivity contribution in [3.8, 4) is 11.5 Å². The van der Waals surface area contributed by atoms with Crippen LogP contribution in [0.15, 0.2) is 52.9 Å². The van der Waals surface area contributed by atoms with E-state index in [9.17, 15) is 14.9 Å². The van der Waals surface area contributed by atoms with Gasteiger partial charge >= 0.3 is 5.97 Å². The molecule has 1 heterocycles. The van der Waals surface area contributed by atoms with E-state index in [1.807, 2.05) is 30.3 Å². The number of esters is 1. The molecule has 132 valence electrons. The number of hydrogen-bond donors (Lipinski definition) is 0. The Kier molecular flexibility index (Phi) is 4.74. The molecule has 8 nitrogen and oxygen atoms in total. The van der Waals surface area contributed by atoms with Crippen molar-refractivity contribution in [3.05, 3.63) is 75.7 Å². The van der Waals surface area contributed by atoms with Crippen LogP contribution < -0.4 is 0 Å². The summed E-state index contributed by atoms with van der Waals surface area (Å²) < 4.78 is 10.8. The largest absolute Gasteiger partial charge is 0.449 e. The zero-order valence-corrected chi connectivity index (χ0v) is 14.1. The van der Waals surface area contributed by atoms with Crippen LogP contribution in [0, 0.1) is 17.0 Å². The second kappa shape index (κ2) is 7.14. The van der Waals surface area contributed by atoms with E-state index in [1.165, 1.54) is 18.2 Å². The van der Waals surface area contributed by atoms with E-state index < -0.39 is 17.0 Å². The second-order valence-corrected chi connectivity index (χ2v) is 5.62. The lowest BCUT2D eigenvalue weighted by Gasteiger charge is -2.09. The molecule has 0 fully saturated rings. The van der Waals surface area contributed by atoms with Crippen LogP contribution in [-0.4, -0.2) is 21.1 Å². The highest BCUT2D eigenvalue weighted by molar-refractivity contribution is 5.90. The normalized spacial score (nSPS) is 11.8. The third-order valence-corrected chi connectivity index (χ3v) is 3.73. The van der Waals surface area contributed by atoms with E-state index in [4.69, 9.17) is 9.15 Å². The summed E-state index contributed by atoms with van der Waals surface area (Å²) in [5, 5.41) is 18.8. The van der Waals surface area contributed by atoms with Crippen LogP contribution in [0.3, 0.4) is 0 Å². The average Bonchev–Trinajstić information content (AvgIpc) is 3.13. The summed E-state index contributed by atoms with van der Waals surface area (Å²) in [6, 6.07) is 13.3. The number of nitrogens with zero attached hydrogens (tertiary/aromatic N) is 3. The van der Waals surface area contributed by atoms with Gasteiger partial charge in [-0.25, -0.2) is 4.79 Å². The number of aryl methyl sites for hydroxylation is 1. The summed E-state index contributed by atoms with van der Waals surface area (Å²) >= 11 is 0. The maximum absolute atomic E-state index is 12.3. The van der Waals surface area contributed by atoms with Gasteiger partial charge in [0.2, 0.25) is 5.89 Å². The van der Waals surface area contributed by atoms with Crippen LogP contribution in [0.2, 0.25) is 0 Å². The van der Waals surface area contributed by atoms with Crippen LogP contribution in [0.25, 0.3) is 11.5 Å². The van der Waals surface area contributed by atoms with Crippen LogP contribution in [0.1, 0.15) is 34.8 Å². The molecule has 0 spiro atoms. The number of aromatic nitrogens is 2. The number of ether oxygens (including phenoxy) is 1. The minimum absolute atomic E-state index is 0.0805. The monoisotopic (exact) mass is 353 g/mol. The zero-order chi connectivity index (χ0) is 18.7. The molecule has 3 aromatic rings. The molecular weight excluding hydrogens is 338 g/mol. The molecule has 8 heteroatoms. The van der Waals surface area contributed by atoms with Crippen molar-refractivity contribution in [2.45, 2.75) is 20.0 Å². The lowest BCUT2D eigenvalue weighted by molar-refractivity contribution is -0.385. The molecule has 1 atom stereocenters. The summed E-state index contributed by atoms with van der Waals surface area (Å²) in [4.78, 5) is 22.7. The number of benzene rings is 2. The lowest BCUT2D eigenvalue weighted by Crippen LogP contribution is -2.10. The quantitative estimate of drug-likeness (QED) is 0.389. The van der Waals surface area contributed by atoms with Crippen molar-refractivity contribution in [1.29, 1.82) is 0 Å². The predicted octanol–water partition coefficient (Wildman–Crippen LogP) is 3.87. The van der Waals surface area contributed by atoms with Gasteiger partial charge in [-0.1, -0.05) is 24.3 Å². The van der Waals surface area contributed by atoms with Crippen molar-refractivity contribution in [3.63, 3.8) is 0 Å². The van der Waals surface area contributed by atoms with Gasteiger partial charge in [0.05, 0.1) is 10.5 Å². The molecule has 0 aliphatic heterocycles. The van der Waals surface area contributed by atoms with Gasteiger partial charge < -0.3 is 9.15 Å². The van der Waals surface area contributed by atoms with E-state index in [0.717, 1.165) is 5.56 Å². The molecule has 1 aromatic heterocycles. The smallest absolute Gasteiger partial charge is 0.339 e. The number of rotatable bonds is 5. The third kappa shape index (κ3) is 3.59. The fourth-order valence-electron chi connectivity index (χ4n) is 2.31. The maximum Gasteiger partial charge on any atom is 0.339 e. The summed E-state index contributed by atoms with van der Waals surface area (Å²) in [5.74, 6) is -0.256. The highest BCUT2D eigenvalue weighted by atomic mass is 16.6. The first-order valence-corrected chi connectivity index (χ1v) is 7.80. The Balaban J connectivity index is 1.75. The van der Waals surface area contributed by atoms with Gasteiger partial charge in [0, 0.05) is 17.2 Å². The number of carbonyl (C=O) groups excluding carboxylic acids is 1. The zero-order valence-electron chi connectivity index (χ0n) is 14.1. The predicted molar refractivity (Wildman–Crippen MR) is 91.4 cm³/mol. The van der Waals surface area contributed by atoms with Crippen LogP contribution in [-0.2, 0) is 4.74 Å². The summed E-state index contributed by atoms with van der Waals surface area (Å²) in [6.07, 6.45) is -0.798. The number of carbonyl (C=O) groups is 1. The first-order chi connectivity index (χ1) is 12.5. The van der Waals surface area contributed by atoms with E-state index in [0.29, 0.717) is 11.5 Å². The molecule has 2 aromatic carbocycles. The van der Waals surface area contributed by atoms with Gasteiger partial charge in [-0.2, -0.15) is 0 Å². The van der Waals surface area contributed by atoms with Crippen molar-refractivity contribution < 1.29 is 18.9 Å². The SMILES string of the molecule is Cc1ccc(C(=O)O[C@@H](C)c2nnc(-c3ccccc3)o2)cc1[N+](=O)[O-]. The van der Waals surface area contributed by atoms with Gasteiger partial charge in [-0.3, -0.25) is 10.1 Å². The fourth-order valence-corrected chi connectivity index (χ4v) is 2.31. The third-order valence-electron chi connectivity index (χ3n) is 3.73. The van der Waals surface area contributed by atoms with Gasteiger partial charge in [0.1, 0.15) is 0 Å². The van der Waals surface area contributed by atoms with Crippen LogP contribution in [0.5, 0.6) is 0 Å². The Morgan fingerprint density at radius 3 is 2.62 bits per heavy atom. The average molecular weight is 353 g/mol. The van der Waals surface area contributed by atoms with Gasteiger partial charge in [0.15, 0.2) is 6.10 Å². The molecule has 0 aliphatic rings. The van der Waals surface area contributed by atoms with Gasteiger partial charge in [-0.05, 0) is 32.0 Å². The Morgan fingerprint density at radius 2 is 1.92 bits per heavy atom. The molecule has 0 bridgehead atoms. The summed E-state index contributed by atoms with van der Waals surface area (Å²) in [6.45, 7) is 3.18. The number of hydrogen-bond acceptors (Lipinski definition) is 7. The Hall–Kier alpha value is -3.55. The molecule has 0 aliphatic carbocycles. The van der Waals surface area contributed by atoms with E-state index in [1.54, 1.807) is 13.8 Å². The number of nitro benzene ring substituents is 1. The van der Waals surface area contributed by atoms with Gasteiger partial charge in [-0.15, -0.1) is 10.2 Å².